The zero-order valence-corrected chi connectivity index (χ0v) is 15.4. The topological polar surface area (TPSA) is 38.3 Å². The van der Waals surface area contributed by atoms with Gasteiger partial charge in [0, 0.05) is 18.1 Å². The number of rotatable bonds is 8. The molecule has 1 N–H and O–H groups in total. The van der Waals surface area contributed by atoms with Crippen molar-refractivity contribution in [3.63, 3.8) is 0 Å². The van der Waals surface area contributed by atoms with Crippen LogP contribution in [0.3, 0.4) is 0 Å². The van der Waals surface area contributed by atoms with E-state index in [0.717, 1.165) is 28.4 Å². The average Bonchev–Trinajstić information content (AvgIpc) is 2.54. The van der Waals surface area contributed by atoms with Gasteiger partial charge in [-0.2, -0.15) is 11.8 Å². The summed E-state index contributed by atoms with van der Waals surface area (Å²) in [7, 11) is 0. The lowest BCUT2D eigenvalue weighted by molar-refractivity contribution is -0.127. The molecule has 2 aromatic carbocycles. The van der Waals surface area contributed by atoms with Gasteiger partial charge in [-0.05, 0) is 49.6 Å². The van der Waals surface area contributed by atoms with Crippen LogP contribution in [0.1, 0.15) is 23.6 Å². The Morgan fingerprint density at radius 3 is 2.46 bits per heavy atom. The molecule has 0 unspecified atom stereocenters. The highest BCUT2D eigenvalue weighted by Crippen LogP contribution is 2.17. The Morgan fingerprint density at radius 2 is 1.79 bits per heavy atom. The van der Waals surface area contributed by atoms with E-state index in [0.29, 0.717) is 6.54 Å². The zero-order valence-electron chi connectivity index (χ0n) is 14.5. The van der Waals surface area contributed by atoms with Gasteiger partial charge in [0.2, 0.25) is 0 Å². The molecule has 0 aliphatic carbocycles. The number of nitrogens with one attached hydrogen (secondary N) is 1. The van der Waals surface area contributed by atoms with Crippen LogP contribution in [0.2, 0.25) is 0 Å². The van der Waals surface area contributed by atoms with Crippen molar-refractivity contribution in [2.45, 2.75) is 32.6 Å². The molecule has 0 spiro atoms. The largest absolute Gasteiger partial charge is 0.481 e. The second kappa shape index (κ2) is 9.38. The molecule has 128 valence electrons. The summed E-state index contributed by atoms with van der Waals surface area (Å²) in [6, 6.07) is 16.3. The molecule has 0 bridgehead atoms. The fourth-order valence-corrected chi connectivity index (χ4v) is 3.23. The third kappa shape index (κ3) is 6.28. The van der Waals surface area contributed by atoms with E-state index < -0.39 is 6.10 Å². The van der Waals surface area contributed by atoms with Gasteiger partial charge in [-0.3, -0.25) is 4.79 Å². The van der Waals surface area contributed by atoms with E-state index in [1.807, 2.05) is 55.9 Å². The number of hydrogen-bond donors (Lipinski definition) is 1. The van der Waals surface area contributed by atoms with Gasteiger partial charge in [0.25, 0.3) is 5.91 Å². The molecule has 3 nitrogen and oxygen atoms in total. The van der Waals surface area contributed by atoms with Crippen LogP contribution in [0, 0.1) is 13.8 Å². The third-order valence-electron chi connectivity index (χ3n) is 3.53. The first-order valence-corrected chi connectivity index (χ1v) is 9.34. The fourth-order valence-electron chi connectivity index (χ4n) is 2.41. The van der Waals surface area contributed by atoms with Crippen LogP contribution >= 0.6 is 11.8 Å². The molecule has 0 saturated carbocycles. The second-order valence-corrected chi connectivity index (χ2v) is 7.02. The molecule has 0 heterocycles. The van der Waals surface area contributed by atoms with Crippen LogP contribution < -0.4 is 10.1 Å². The molecule has 0 fully saturated rings. The Balaban J connectivity index is 1.68. The van der Waals surface area contributed by atoms with Crippen molar-refractivity contribution in [2.75, 3.05) is 12.3 Å². The van der Waals surface area contributed by atoms with E-state index >= 15 is 0 Å². The zero-order chi connectivity index (χ0) is 17.4. The number of aryl methyl sites for hydroxylation is 2. The van der Waals surface area contributed by atoms with E-state index in [9.17, 15) is 4.79 Å². The Kier molecular flexibility index (Phi) is 7.19. The number of hydrogen-bond acceptors (Lipinski definition) is 3. The van der Waals surface area contributed by atoms with Crippen LogP contribution in [0.5, 0.6) is 5.75 Å². The normalized spacial score (nSPS) is 11.8. The van der Waals surface area contributed by atoms with E-state index in [-0.39, 0.29) is 5.91 Å². The van der Waals surface area contributed by atoms with Gasteiger partial charge >= 0.3 is 0 Å². The van der Waals surface area contributed by atoms with Crippen LogP contribution in [0.25, 0.3) is 0 Å². The molecule has 24 heavy (non-hydrogen) atoms. The minimum Gasteiger partial charge on any atom is -0.481 e. The quantitative estimate of drug-likeness (QED) is 0.733. The Morgan fingerprint density at radius 1 is 1.12 bits per heavy atom. The third-order valence-corrected chi connectivity index (χ3v) is 4.56. The van der Waals surface area contributed by atoms with Gasteiger partial charge in [0.05, 0.1) is 0 Å². The molecular weight excluding hydrogens is 318 g/mol. The first-order valence-electron chi connectivity index (χ1n) is 8.19. The number of ether oxygens (including phenoxy) is 1. The number of amides is 1. The summed E-state index contributed by atoms with van der Waals surface area (Å²) in [5.74, 6) is 2.52. The molecule has 0 aromatic heterocycles. The van der Waals surface area contributed by atoms with Gasteiger partial charge in [0.1, 0.15) is 5.75 Å². The lowest BCUT2D eigenvalue weighted by Crippen LogP contribution is -2.37. The Hall–Kier alpha value is -1.94. The number of thioether (sulfide) groups is 1. The Labute approximate surface area is 148 Å². The minimum atomic E-state index is -0.495. The highest BCUT2D eigenvalue weighted by molar-refractivity contribution is 7.98. The van der Waals surface area contributed by atoms with Gasteiger partial charge in [0.15, 0.2) is 6.10 Å². The minimum absolute atomic E-state index is 0.0746. The highest BCUT2D eigenvalue weighted by Gasteiger charge is 2.14. The van der Waals surface area contributed by atoms with Gasteiger partial charge in [-0.25, -0.2) is 0 Å². The number of benzene rings is 2. The van der Waals surface area contributed by atoms with Crippen molar-refractivity contribution in [3.05, 3.63) is 65.2 Å². The van der Waals surface area contributed by atoms with Gasteiger partial charge < -0.3 is 10.1 Å². The first kappa shape index (κ1) is 18.4. The highest BCUT2D eigenvalue weighted by atomic mass is 32.2. The van der Waals surface area contributed by atoms with Crippen LogP contribution in [-0.2, 0) is 10.5 Å². The molecule has 4 heteroatoms. The molecule has 0 aliphatic rings. The maximum atomic E-state index is 12.1. The van der Waals surface area contributed by atoms with Gasteiger partial charge in [-0.15, -0.1) is 0 Å². The predicted molar refractivity (Wildman–Crippen MR) is 102 cm³/mol. The fraction of sp³-hybridized carbons (Fsp3) is 0.350. The van der Waals surface area contributed by atoms with Crippen molar-refractivity contribution in [2.24, 2.45) is 0 Å². The summed E-state index contributed by atoms with van der Waals surface area (Å²) < 4.78 is 5.75. The summed E-state index contributed by atoms with van der Waals surface area (Å²) in [4.78, 5) is 12.1. The monoisotopic (exact) mass is 343 g/mol. The van der Waals surface area contributed by atoms with Crippen molar-refractivity contribution < 1.29 is 9.53 Å². The summed E-state index contributed by atoms with van der Waals surface area (Å²) in [6.07, 6.45) is -0.495. The molecule has 2 rings (SSSR count). The maximum Gasteiger partial charge on any atom is 0.260 e. The summed E-state index contributed by atoms with van der Waals surface area (Å²) in [6.45, 7) is 6.48. The van der Waals surface area contributed by atoms with Crippen LogP contribution in [0.15, 0.2) is 48.5 Å². The number of carbonyl (C=O) groups is 1. The van der Waals surface area contributed by atoms with Crippen LogP contribution in [0.4, 0.5) is 0 Å². The van der Waals surface area contributed by atoms with E-state index in [4.69, 9.17) is 4.74 Å². The molecule has 0 saturated heterocycles. The number of carbonyl (C=O) groups excluding carboxylic acids is 1. The average molecular weight is 343 g/mol. The van der Waals surface area contributed by atoms with E-state index in [2.05, 4.69) is 23.5 Å². The summed E-state index contributed by atoms with van der Waals surface area (Å²) in [5.41, 5.74) is 3.57. The van der Waals surface area contributed by atoms with E-state index in [1.165, 1.54) is 5.56 Å². The second-order valence-electron chi connectivity index (χ2n) is 5.91. The molecule has 0 aliphatic heterocycles. The summed E-state index contributed by atoms with van der Waals surface area (Å²) in [5, 5.41) is 2.93. The first-order chi connectivity index (χ1) is 11.5. The van der Waals surface area contributed by atoms with E-state index in [1.54, 1.807) is 6.92 Å². The molecule has 1 atom stereocenters. The molecular formula is C20H25NO2S. The predicted octanol–water partition coefficient (Wildman–Crippen LogP) is 4.12. The van der Waals surface area contributed by atoms with Crippen molar-refractivity contribution in [3.8, 4) is 5.75 Å². The van der Waals surface area contributed by atoms with Crippen molar-refractivity contribution in [1.29, 1.82) is 0 Å². The SMILES string of the molecule is Cc1cc(C)cc(O[C@@H](C)C(=O)NCCSCc2ccccc2)c1. The smallest absolute Gasteiger partial charge is 0.260 e. The summed E-state index contributed by atoms with van der Waals surface area (Å²) >= 11 is 1.81. The molecule has 0 radical (unpaired) electrons. The maximum absolute atomic E-state index is 12.1. The Bertz CT molecular complexity index is 638. The van der Waals surface area contributed by atoms with Crippen LogP contribution in [-0.4, -0.2) is 24.3 Å². The molecule has 2 aromatic rings. The lowest BCUT2D eigenvalue weighted by atomic mass is 10.1. The van der Waals surface area contributed by atoms with Crippen molar-refractivity contribution in [1.82, 2.24) is 5.32 Å². The molecule has 1 amide bonds. The van der Waals surface area contributed by atoms with Crippen molar-refractivity contribution >= 4 is 17.7 Å². The van der Waals surface area contributed by atoms with Gasteiger partial charge in [-0.1, -0.05) is 36.4 Å². The standard InChI is InChI=1S/C20H25NO2S/c1-15-11-16(2)13-19(12-15)23-17(3)20(22)21-9-10-24-14-18-7-5-4-6-8-18/h4-8,11-13,17H,9-10,14H2,1-3H3,(H,21,22)/t17-/m0/s1. The lowest BCUT2D eigenvalue weighted by Gasteiger charge is -2.15.